The van der Waals surface area contributed by atoms with Crippen LogP contribution in [0, 0.1) is 0 Å². The van der Waals surface area contributed by atoms with Gasteiger partial charge in [-0.25, -0.2) is 4.99 Å². The van der Waals surface area contributed by atoms with Gasteiger partial charge in [-0.2, -0.15) is 0 Å². The van der Waals surface area contributed by atoms with E-state index in [0.717, 1.165) is 13.0 Å². The summed E-state index contributed by atoms with van der Waals surface area (Å²) in [5, 5.41) is 0. The van der Waals surface area contributed by atoms with E-state index < -0.39 is 0 Å². The first-order valence-corrected chi connectivity index (χ1v) is 5.53. The molecule has 1 heterocycles. The summed E-state index contributed by atoms with van der Waals surface area (Å²) in [6.07, 6.45) is 3.49. The number of fused-ring (bicyclic) bond motifs is 1. The lowest BCUT2D eigenvalue weighted by atomic mass is 10.2. The zero-order chi connectivity index (χ0) is 10.3. The second-order valence-corrected chi connectivity index (χ2v) is 4.25. The Balaban J connectivity index is 1.89. The van der Waals surface area contributed by atoms with Gasteiger partial charge in [-0.05, 0) is 30.9 Å². The standard InChI is InChI=1S/C12H15N3/c13-12(14-10-5-6-10)15-8-7-9-3-1-2-4-11(9)15/h1-4,10H,5-8H2,(H2,13,14). The summed E-state index contributed by atoms with van der Waals surface area (Å²) in [5.74, 6) is 0.697. The lowest BCUT2D eigenvalue weighted by molar-refractivity contribution is 0.977. The maximum atomic E-state index is 6.01. The molecule has 0 atom stereocenters. The van der Waals surface area contributed by atoms with Crippen LogP contribution < -0.4 is 10.6 Å². The average Bonchev–Trinajstić information content (AvgIpc) is 2.96. The molecule has 1 aliphatic heterocycles. The maximum absolute atomic E-state index is 6.01. The van der Waals surface area contributed by atoms with Crippen molar-refractivity contribution in [1.82, 2.24) is 0 Å². The third kappa shape index (κ3) is 1.58. The van der Waals surface area contributed by atoms with Crippen molar-refractivity contribution in [2.75, 3.05) is 11.4 Å². The monoisotopic (exact) mass is 201 g/mol. The van der Waals surface area contributed by atoms with Gasteiger partial charge < -0.3 is 10.6 Å². The van der Waals surface area contributed by atoms with E-state index in [0.29, 0.717) is 12.0 Å². The molecule has 1 aliphatic carbocycles. The number of rotatable bonds is 1. The smallest absolute Gasteiger partial charge is 0.196 e. The number of benzene rings is 1. The molecule has 78 valence electrons. The third-order valence-corrected chi connectivity index (χ3v) is 3.03. The van der Waals surface area contributed by atoms with E-state index in [1.165, 1.54) is 24.1 Å². The number of anilines is 1. The van der Waals surface area contributed by atoms with Crippen molar-refractivity contribution in [3.05, 3.63) is 29.8 Å². The van der Waals surface area contributed by atoms with Crippen molar-refractivity contribution in [1.29, 1.82) is 0 Å². The van der Waals surface area contributed by atoms with E-state index >= 15 is 0 Å². The second-order valence-electron chi connectivity index (χ2n) is 4.25. The van der Waals surface area contributed by atoms with Crippen LogP contribution in [0.25, 0.3) is 0 Å². The fourth-order valence-corrected chi connectivity index (χ4v) is 2.04. The second kappa shape index (κ2) is 3.26. The summed E-state index contributed by atoms with van der Waals surface area (Å²) in [6.45, 7) is 0.974. The van der Waals surface area contributed by atoms with Gasteiger partial charge in [-0.15, -0.1) is 0 Å². The number of nitrogens with two attached hydrogens (primary N) is 1. The molecule has 0 aromatic heterocycles. The van der Waals surface area contributed by atoms with Gasteiger partial charge in [-0.3, -0.25) is 0 Å². The van der Waals surface area contributed by atoms with Gasteiger partial charge in [0.05, 0.1) is 6.04 Å². The minimum atomic E-state index is 0.498. The van der Waals surface area contributed by atoms with Gasteiger partial charge in [0.25, 0.3) is 0 Å². The fraction of sp³-hybridized carbons (Fsp3) is 0.417. The molecule has 2 aliphatic rings. The predicted molar refractivity (Wildman–Crippen MR) is 62.1 cm³/mol. The van der Waals surface area contributed by atoms with Crippen molar-refractivity contribution in [2.45, 2.75) is 25.3 Å². The fourth-order valence-electron chi connectivity index (χ4n) is 2.04. The molecule has 1 aromatic carbocycles. The molecule has 0 amide bonds. The largest absolute Gasteiger partial charge is 0.370 e. The van der Waals surface area contributed by atoms with Gasteiger partial charge in [0.15, 0.2) is 5.96 Å². The Labute approximate surface area is 89.6 Å². The van der Waals surface area contributed by atoms with E-state index in [2.05, 4.69) is 34.2 Å². The van der Waals surface area contributed by atoms with Crippen LogP contribution in [0.3, 0.4) is 0 Å². The number of hydrogen-bond donors (Lipinski definition) is 1. The molecule has 3 nitrogen and oxygen atoms in total. The van der Waals surface area contributed by atoms with Gasteiger partial charge in [0, 0.05) is 12.2 Å². The van der Waals surface area contributed by atoms with Gasteiger partial charge in [-0.1, -0.05) is 18.2 Å². The van der Waals surface area contributed by atoms with Crippen LogP contribution in [0.15, 0.2) is 29.3 Å². The molecule has 0 unspecified atom stereocenters. The average molecular weight is 201 g/mol. The summed E-state index contributed by atoms with van der Waals surface area (Å²) in [7, 11) is 0. The number of hydrogen-bond acceptors (Lipinski definition) is 1. The minimum Gasteiger partial charge on any atom is -0.370 e. The van der Waals surface area contributed by atoms with Gasteiger partial charge in [0.1, 0.15) is 0 Å². The Hall–Kier alpha value is -1.51. The Morgan fingerprint density at radius 3 is 2.93 bits per heavy atom. The quantitative estimate of drug-likeness (QED) is 0.553. The maximum Gasteiger partial charge on any atom is 0.196 e. The highest BCUT2D eigenvalue weighted by Crippen LogP contribution is 2.29. The summed E-state index contributed by atoms with van der Waals surface area (Å²) in [5.41, 5.74) is 8.63. The Kier molecular flexibility index (Phi) is 1.91. The molecule has 0 bridgehead atoms. The molecule has 0 saturated heterocycles. The molecule has 2 N–H and O–H groups in total. The van der Waals surface area contributed by atoms with Crippen molar-refractivity contribution in [3.8, 4) is 0 Å². The molecule has 3 heteroatoms. The molecule has 1 saturated carbocycles. The molecule has 0 spiro atoms. The minimum absolute atomic E-state index is 0.498. The topological polar surface area (TPSA) is 41.6 Å². The zero-order valence-electron chi connectivity index (χ0n) is 8.69. The molecule has 1 fully saturated rings. The van der Waals surface area contributed by atoms with E-state index in [4.69, 9.17) is 5.73 Å². The molecule has 0 radical (unpaired) electrons. The number of guanidine groups is 1. The highest BCUT2D eigenvalue weighted by molar-refractivity contribution is 5.96. The molecular weight excluding hydrogens is 186 g/mol. The van der Waals surface area contributed by atoms with Crippen molar-refractivity contribution >= 4 is 11.6 Å². The van der Waals surface area contributed by atoms with Crippen LogP contribution in [0.2, 0.25) is 0 Å². The highest BCUT2D eigenvalue weighted by Gasteiger charge is 2.25. The summed E-state index contributed by atoms with van der Waals surface area (Å²) in [6, 6.07) is 8.92. The van der Waals surface area contributed by atoms with E-state index in [1.54, 1.807) is 0 Å². The van der Waals surface area contributed by atoms with Crippen molar-refractivity contribution < 1.29 is 0 Å². The van der Waals surface area contributed by atoms with Crippen LogP contribution in [0.4, 0.5) is 5.69 Å². The Morgan fingerprint density at radius 2 is 2.13 bits per heavy atom. The number of aliphatic imine (C=N–C) groups is 1. The van der Waals surface area contributed by atoms with Crippen LogP contribution in [0.5, 0.6) is 0 Å². The molecule has 1 aromatic rings. The van der Waals surface area contributed by atoms with Gasteiger partial charge >= 0.3 is 0 Å². The first kappa shape index (κ1) is 8.77. The van der Waals surface area contributed by atoms with Crippen LogP contribution in [-0.2, 0) is 6.42 Å². The summed E-state index contributed by atoms with van der Waals surface area (Å²) in [4.78, 5) is 6.62. The Bertz CT molecular complexity index is 407. The predicted octanol–water partition coefficient (Wildman–Crippen LogP) is 1.53. The third-order valence-electron chi connectivity index (χ3n) is 3.03. The number of nitrogens with zero attached hydrogens (tertiary/aromatic N) is 2. The Morgan fingerprint density at radius 1 is 1.33 bits per heavy atom. The zero-order valence-corrected chi connectivity index (χ0v) is 8.69. The summed E-state index contributed by atoms with van der Waals surface area (Å²) >= 11 is 0. The van der Waals surface area contributed by atoms with Gasteiger partial charge in [0.2, 0.25) is 0 Å². The van der Waals surface area contributed by atoms with E-state index in [1.807, 2.05) is 0 Å². The molecule has 15 heavy (non-hydrogen) atoms. The molecule has 3 rings (SSSR count). The van der Waals surface area contributed by atoms with Crippen molar-refractivity contribution in [3.63, 3.8) is 0 Å². The first-order valence-electron chi connectivity index (χ1n) is 5.53. The lowest BCUT2D eigenvalue weighted by Gasteiger charge is -2.17. The lowest BCUT2D eigenvalue weighted by Crippen LogP contribution is -2.36. The van der Waals surface area contributed by atoms with E-state index in [9.17, 15) is 0 Å². The summed E-state index contributed by atoms with van der Waals surface area (Å²) < 4.78 is 0. The van der Waals surface area contributed by atoms with Crippen LogP contribution in [0.1, 0.15) is 18.4 Å². The number of para-hydroxylation sites is 1. The van der Waals surface area contributed by atoms with Crippen LogP contribution in [-0.4, -0.2) is 18.5 Å². The molecular formula is C12H15N3. The van der Waals surface area contributed by atoms with Crippen molar-refractivity contribution in [2.24, 2.45) is 10.7 Å². The highest BCUT2D eigenvalue weighted by atomic mass is 15.3. The van der Waals surface area contributed by atoms with E-state index in [-0.39, 0.29) is 0 Å². The first-order chi connectivity index (χ1) is 7.34. The van der Waals surface area contributed by atoms with Crippen LogP contribution >= 0.6 is 0 Å². The SMILES string of the molecule is NC(=NC1CC1)N1CCc2ccccc21. The normalized spacial score (nSPS) is 20.5.